The van der Waals surface area contributed by atoms with Gasteiger partial charge in [-0.25, -0.2) is 4.98 Å². The lowest BCUT2D eigenvalue weighted by molar-refractivity contribution is 0.610. The molecule has 1 atom stereocenters. The molecule has 2 aromatic heterocycles. The summed E-state index contributed by atoms with van der Waals surface area (Å²) in [6, 6.07) is 11.8. The molecule has 1 aromatic carbocycles. The SMILES string of the molecule is Cc1cc(N2CCCC2c2nc3ccccc3c(=O)n2C)ccn1. The predicted octanol–water partition coefficient (Wildman–Crippen LogP) is 2.98. The van der Waals surface area contributed by atoms with Crippen molar-refractivity contribution in [3.63, 3.8) is 0 Å². The minimum atomic E-state index is 0.0216. The lowest BCUT2D eigenvalue weighted by atomic mass is 10.1. The first-order chi connectivity index (χ1) is 11.6. The summed E-state index contributed by atoms with van der Waals surface area (Å²) < 4.78 is 1.71. The summed E-state index contributed by atoms with van der Waals surface area (Å²) in [7, 11) is 1.82. The summed E-state index contributed by atoms with van der Waals surface area (Å²) in [5, 5.41) is 0.674. The van der Waals surface area contributed by atoms with Crippen LogP contribution in [0.1, 0.15) is 30.4 Å². The zero-order valence-electron chi connectivity index (χ0n) is 13.9. The number of aryl methyl sites for hydroxylation is 1. The van der Waals surface area contributed by atoms with Gasteiger partial charge in [0.15, 0.2) is 0 Å². The van der Waals surface area contributed by atoms with E-state index in [0.717, 1.165) is 42.1 Å². The second kappa shape index (κ2) is 5.74. The number of fused-ring (bicyclic) bond motifs is 1. The van der Waals surface area contributed by atoms with Crippen LogP contribution in [0.4, 0.5) is 5.69 Å². The molecule has 1 fully saturated rings. The van der Waals surface area contributed by atoms with Crippen molar-refractivity contribution >= 4 is 16.6 Å². The van der Waals surface area contributed by atoms with Gasteiger partial charge in [0, 0.05) is 31.2 Å². The first kappa shape index (κ1) is 14.9. The van der Waals surface area contributed by atoms with Crippen LogP contribution in [0.2, 0.25) is 0 Å². The fraction of sp³-hybridized carbons (Fsp3) is 0.316. The lowest BCUT2D eigenvalue weighted by Crippen LogP contribution is -2.30. The highest BCUT2D eigenvalue weighted by Crippen LogP contribution is 2.35. The largest absolute Gasteiger partial charge is 0.361 e. The maximum absolute atomic E-state index is 12.7. The number of hydrogen-bond donors (Lipinski definition) is 0. The summed E-state index contributed by atoms with van der Waals surface area (Å²) in [6.45, 7) is 2.97. The average molecular weight is 320 g/mol. The van der Waals surface area contributed by atoms with E-state index in [-0.39, 0.29) is 11.6 Å². The second-order valence-corrected chi connectivity index (χ2v) is 6.36. The molecule has 0 saturated carbocycles. The van der Waals surface area contributed by atoms with E-state index in [4.69, 9.17) is 4.98 Å². The summed E-state index contributed by atoms with van der Waals surface area (Å²) in [6.07, 6.45) is 3.93. The fourth-order valence-corrected chi connectivity index (χ4v) is 3.59. The molecular formula is C19H20N4O. The van der Waals surface area contributed by atoms with Gasteiger partial charge >= 0.3 is 0 Å². The fourth-order valence-electron chi connectivity index (χ4n) is 3.59. The summed E-state index contributed by atoms with van der Waals surface area (Å²) in [4.78, 5) is 24.1. The van der Waals surface area contributed by atoms with Crippen molar-refractivity contribution < 1.29 is 0 Å². The third-order valence-electron chi connectivity index (χ3n) is 4.78. The van der Waals surface area contributed by atoms with Crippen molar-refractivity contribution in [1.82, 2.24) is 14.5 Å². The van der Waals surface area contributed by atoms with Gasteiger partial charge in [-0.3, -0.25) is 14.3 Å². The number of aromatic nitrogens is 3. The third-order valence-corrected chi connectivity index (χ3v) is 4.78. The molecule has 5 nitrogen and oxygen atoms in total. The van der Waals surface area contributed by atoms with Gasteiger partial charge in [-0.15, -0.1) is 0 Å². The van der Waals surface area contributed by atoms with Crippen LogP contribution in [0.5, 0.6) is 0 Å². The van der Waals surface area contributed by atoms with Crippen molar-refractivity contribution in [3.05, 3.63) is 64.5 Å². The molecule has 3 heterocycles. The standard InChI is InChI=1S/C19H20N4O/c1-13-12-14(9-10-20-13)23-11-5-8-17(23)18-21-16-7-4-3-6-15(16)19(24)22(18)2/h3-4,6-7,9-10,12,17H,5,8,11H2,1-2H3. The van der Waals surface area contributed by atoms with Gasteiger partial charge in [0.05, 0.1) is 16.9 Å². The highest BCUT2D eigenvalue weighted by Gasteiger charge is 2.30. The molecule has 1 saturated heterocycles. The molecule has 122 valence electrons. The van der Waals surface area contributed by atoms with Crippen LogP contribution < -0.4 is 10.5 Å². The Labute approximate surface area is 140 Å². The van der Waals surface area contributed by atoms with Gasteiger partial charge < -0.3 is 4.90 Å². The second-order valence-electron chi connectivity index (χ2n) is 6.36. The van der Waals surface area contributed by atoms with Crippen LogP contribution in [0, 0.1) is 6.92 Å². The summed E-state index contributed by atoms with van der Waals surface area (Å²) in [5.74, 6) is 0.839. The monoisotopic (exact) mass is 320 g/mol. The maximum Gasteiger partial charge on any atom is 0.261 e. The molecule has 4 rings (SSSR count). The first-order valence-electron chi connectivity index (χ1n) is 8.30. The number of nitrogens with zero attached hydrogens (tertiary/aromatic N) is 4. The maximum atomic E-state index is 12.7. The molecule has 0 radical (unpaired) electrons. The van der Waals surface area contributed by atoms with Crippen molar-refractivity contribution in [2.24, 2.45) is 7.05 Å². The van der Waals surface area contributed by atoms with Gasteiger partial charge in [0.1, 0.15) is 5.82 Å². The Bertz CT molecular complexity index is 963. The molecule has 3 aromatic rings. The molecular weight excluding hydrogens is 300 g/mol. The predicted molar refractivity (Wildman–Crippen MR) is 95.3 cm³/mol. The van der Waals surface area contributed by atoms with Crippen LogP contribution in [0.25, 0.3) is 10.9 Å². The van der Waals surface area contributed by atoms with E-state index < -0.39 is 0 Å². The molecule has 0 aliphatic carbocycles. The molecule has 0 spiro atoms. The lowest BCUT2D eigenvalue weighted by Gasteiger charge is -2.27. The van der Waals surface area contributed by atoms with Crippen LogP contribution in [0.3, 0.4) is 0 Å². The minimum Gasteiger partial charge on any atom is -0.361 e. The van der Waals surface area contributed by atoms with E-state index in [0.29, 0.717) is 5.39 Å². The zero-order chi connectivity index (χ0) is 16.7. The van der Waals surface area contributed by atoms with Crippen LogP contribution >= 0.6 is 0 Å². The number of hydrogen-bond acceptors (Lipinski definition) is 4. The average Bonchev–Trinajstić information content (AvgIpc) is 3.07. The number of anilines is 1. The van der Waals surface area contributed by atoms with Crippen LogP contribution in [-0.2, 0) is 7.05 Å². The van der Waals surface area contributed by atoms with Crippen molar-refractivity contribution in [1.29, 1.82) is 0 Å². The number of benzene rings is 1. The number of pyridine rings is 1. The number of rotatable bonds is 2. The van der Waals surface area contributed by atoms with Crippen molar-refractivity contribution in [2.75, 3.05) is 11.4 Å². The molecule has 24 heavy (non-hydrogen) atoms. The van der Waals surface area contributed by atoms with Crippen molar-refractivity contribution in [2.45, 2.75) is 25.8 Å². The van der Waals surface area contributed by atoms with E-state index in [1.54, 1.807) is 4.57 Å². The molecule has 0 amide bonds. The van der Waals surface area contributed by atoms with Crippen molar-refractivity contribution in [3.8, 4) is 0 Å². The zero-order valence-corrected chi connectivity index (χ0v) is 13.9. The summed E-state index contributed by atoms with van der Waals surface area (Å²) >= 11 is 0. The third kappa shape index (κ3) is 2.37. The Kier molecular flexibility index (Phi) is 3.56. The van der Waals surface area contributed by atoms with Crippen LogP contribution in [0.15, 0.2) is 47.4 Å². The van der Waals surface area contributed by atoms with E-state index in [1.807, 2.05) is 50.5 Å². The molecule has 1 aliphatic rings. The quantitative estimate of drug-likeness (QED) is 0.728. The molecule has 5 heteroatoms. The molecule has 1 aliphatic heterocycles. The molecule has 0 bridgehead atoms. The van der Waals surface area contributed by atoms with Gasteiger partial charge in [0.2, 0.25) is 0 Å². The molecule has 0 N–H and O–H groups in total. The summed E-state index contributed by atoms with van der Waals surface area (Å²) in [5.41, 5.74) is 2.94. The minimum absolute atomic E-state index is 0.0216. The highest BCUT2D eigenvalue weighted by molar-refractivity contribution is 5.77. The highest BCUT2D eigenvalue weighted by atomic mass is 16.1. The Balaban J connectivity index is 1.84. The van der Waals surface area contributed by atoms with E-state index in [1.165, 1.54) is 0 Å². The Morgan fingerprint density at radius 3 is 2.88 bits per heavy atom. The normalized spacial score (nSPS) is 17.6. The van der Waals surface area contributed by atoms with Gasteiger partial charge in [-0.2, -0.15) is 0 Å². The van der Waals surface area contributed by atoms with E-state index in [2.05, 4.69) is 16.0 Å². The Morgan fingerprint density at radius 2 is 2.04 bits per heavy atom. The molecule has 1 unspecified atom stereocenters. The van der Waals surface area contributed by atoms with Crippen LogP contribution in [-0.4, -0.2) is 21.1 Å². The Hall–Kier alpha value is -2.69. The topological polar surface area (TPSA) is 51.0 Å². The van der Waals surface area contributed by atoms with Gasteiger partial charge in [0.25, 0.3) is 5.56 Å². The van der Waals surface area contributed by atoms with Gasteiger partial charge in [-0.05, 0) is 44.0 Å². The Morgan fingerprint density at radius 1 is 1.21 bits per heavy atom. The van der Waals surface area contributed by atoms with Gasteiger partial charge in [-0.1, -0.05) is 12.1 Å². The first-order valence-corrected chi connectivity index (χ1v) is 8.30. The van der Waals surface area contributed by atoms with E-state index in [9.17, 15) is 4.79 Å². The van der Waals surface area contributed by atoms with E-state index >= 15 is 0 Å². The smallest absolute Gasteiger partial charge is 0.261 e. The number of para-hydroxylation sites is 1.